The van der Waals surface area contributed by atoms with Gasteiger partial charge in [0.1, 0.15) is 0 Å². The molecule has 0 heterocycles. The Morgan fingerprint density at radius 3 is 1.30 bits per heavy atom. The van der Waals surface area contributed by atoms with Crippen LogP contribution >= 0.6 is 91.5 Å². The minimum absolute atomic E-state index is 0. The Balaban J connectivity index is 0. The second-order valence-electron chi connectivity index (χ2n) is 27.4. The smallest absolute Gasteiger partial charge is 1.00 e. The molecule has 0 unspecified atom stereocenters. The minimum atomic E-state index is -4.83. The predicted octanol–water partition coefficient (Wildman–Crippen LogP) is 17.3. The van der Waals surface area contributed by atoms with E-state index >= 15 is 0 Å². The number of hydrogen-bond donors (Lipinski definition) is 6. The van der Waals surface area contributed by atoms with Gasteiger partial charge in [0.15, 0.2) is 0 Å². The number of aryl methyl sites for hydroxylation is 2. The van der Waals surface area contributed by atoms with E-state index in [2.05, 4.69) is 135 Å². The number of amides is 2. The number of carbonyl (C=O) groups excluding carboxylic acids is 3. The summed E-state index contributed by atoms with van der Waals surface area (Å²) in [5, 5.41) is 19.4. The SMILES string of the molecule is Brc1cccc(SCC2CCCC2)c1.C=CCNC(=O)C(F)(F)F.CC.CCO.Cc1ccc(S(=O)(=O)OCC2CCCC2)cc1.NC/C=C/c1cccc(SCC2CCCC2)c1.NCCCc1cccc(SCC2CCCC2)c1.O=C(NC/C=C/c1cccc(SCC2CCCC2)c1)C(F)(F)F.O=CO[O-].Sc1cccc(Br)c1.[H-].[K+].[K+]. The van der Waals surface area contributed by atoms with E-state index in [0.29, 0.717) is 19.1 Å². The first-order valence-electron chi connectivity index (χ1n) is 39.6. The summed E-state index contributed by atoms with van der Waals surface area (Å²) in [7, 11) is -3.56. The first-order valence-corrected chi connectivity index (χ1v) is 47.0. The molecule has 0 bridgehead atoms. The largest absolute Gasteiger partial charge is 1.00 e. The maximum Gasteiger partial charge on any atom is 1.00 e. The number of hydrogen-bond acceptors (Lipinski definition) is 16. The van der Waals surface area contributed by atoms with Crippen LogP contribution in [0.25, 0.3) is 12.2 Å². The molecule has 0 atom stereocenters. The number of rotatable bonds is 27. The van der Waals surface area contributed by atoms with Gasteiger partial charge in [-0.2, -0.15) is 34.8 Å². The third kappa shape index (κ3) is 58.2. The molecule has 6 aromatic rings. The van der Waals surface area contributed by atoms with Crippen molar-refractivity contribution in [3.05, 3.63) is 202 Å². The molecule has 11 rings (SSSR count). The molecule has 642 valence electrons. The third-order valence-corrected chi connectivity index (χ3v) is 25.5. The van der Waals surface area contributed by atoms with Gasteiger partial charge in [-0.25, -0.2) is 0 Å². The van der Waals surface area contributed by atoms with Crippen molar-refractivity contribution in [2.45, 2.75) is 211 Å². The van der Waals surface area contributed by atoms with Crippen molar-refractivity contribution in [2.75, 3.05) is 62.4 Å². The zero-order chi connectivity index (χ0) is 85.0. The fourth-order valence-electron chi connectivity index (χ4n) is 12.2. The number of alkyl halides is 6. The van der Waals surface area contributed by atoms with Gasteiger partial charge in [-0.15, -0.1) is 66.3 Å². The third-order valence-electron chi connectivity index (χ3n) is 18.1. The van der Waals surface area contributed by atoms with Crippen molar-refractivity contribution in [1.82, 2.24) is 10.6 Å². The maximum atomic E-state index is 12.0. The van der Waals surface area contributed by atoms with Gasteiger partial charge in [-0.05, 0) is 229 Å². The van der Waals surface area contributed by atoms with Crippen molar-refractivity contribution in [2.24, 2.45) is 41.1 Å². The van der Waals surface area contributed by atoms with Crippen LogP contribution in [-0.2, 0) is 40.0 Å². The molecular weight excluding hydrogens is 1800 g/mol. The molecule has 5 aliphatic rings. The summed E-state index contributed by atoms with van der Waals surface area (Å²) in [4.78, 5) is 38.5. The van der Waals surface area contributed by atoms with Gasteiger partial charge in [-0.3, -0.25) is 18.6 Å². The number of thiol groups is 1. The van der Waals surface area contributed by atoms with Crippen LogP contribution in [0.15, 0.2) is 209 Å². The molecule has 0 spiro atoms. The van der Waals surface area contributed by atoms with Gasteiger partial charge < -0.3 is 38.8 Å². The number of aliphatic hydroxyl groups is 1. The summed E-state index contributed by atoms with van der Waals surface area (Å²) in [5.41, 5.74) is 15.7. The summed E-state index contributed by atoms with van der Waals surface area (Å²) in [5.74, 6) is 5.26. The van der Waals surface area contributed by atoms with Gasteiger partial charge in [0.2, 0.25) is 0 Å². The van der Waals surface area contributed by atoms with Crippen molar-refractivity contribution < 1.29 is 173 Å². The zero-order valence-corrected chi connectivity index (χ0v) is 83.3. The Bertz CT molecular complexity index is 3750. The van der Waals surface area contributed by atoms with Gasteiger partial charge in [-0.1, -0.05) is 207 Å². The number of nitrogens with one attached hydrogen (secondary N) is 2. The zero-order valence-electron chi connectivity index (χ0n) is 69.9. The van der Waals surface area contributed by atoms with Gasteiger partial charge in [0.25, 0.3) is 16.6 Å². The molecule has 0 radical (unpaired) electrons. The topological polar surface area (TPSA) is 223 Å². The van der Waals surface area contributed by atoms with Crippen LogP contribution in [-0.4, -0.2) is 107 Å². The molecule has 0 aliphatic heterocycles. The maximum absolute atomic E-state index is 12.0. The Morgan fingerprint density at radius 1 is 0.581 bits per heavy atom. The minimum Gasteiger partial charge on any atom is -1.00 e. The van der Waals surface area contributed by atoms with Crippen molar-refractivity contribution in [3.8, 4) is 0 Å². The summed E-state index contributed by atoms with van der Waals surface area (Å²) >= 11 is 18.8. The van der Waals surface area contributed by atoms with Crippen LogP contribution in [0.5, 0.6) is 0 Å². The van der Waals surface area contributed by atoms with Crippen molar-refractivity contribution in [3.63, 3.8) is 0 Å². The van der Waals surface area contributed by atoms with Crippen molar-refractivity contribution >= 4 is 132 Å². The number of halogens is 8. The second kappa shape index (κ2) is 71.4. The van der Waals surface area contributed by atoms with Gasteiger partial charge >= 0.3 is 127 Å². The number of aliphatic hydroxyl groups excluding tert-OH is 1. The Morgan fingerprint density at radius 2 is 0.940 bits per heavy atom. The predicted molar refractivity (Wildman–Crippen MR) is 477 cm³/mol. The second-order valence-corrected chi connectivity index (χ2v) is 35.8. The van der Waals surface area contributed by atoms with Crippen LogP contribution in [0, 0.1) is 36.5 Å². The molecule has 6 aromatic carbocycles. The average molecular weight is 1920 g/mol. The normalized spacial score (nSPS) is 14.6. The van der Waals surface area contributed by atoms with E-state index in [0.717, 1.165) is 82.1 Å². The van der Waals surface area contributed by atoms with E-state index in [4.69, 9.17) is 30.8 Å². The molecule has 5 fully saturated rings. The first kappa shape index (κ1) is 115. The molecule has 0 aromatic heterocycles. The molecule has 2 amide bonds. The number of benzene rings is 6. The van der Waals surface area contributed by atoms with Gasteiger partial charge in [0.05, 0.1) is 11.5 Å². The molecule has 0 saturated heterocycles. The first-order chi connectivity index (χ1) is 55.2. The van der Waals surface area contributed by atoms with E-state index in [1.807, 2.05) is 128 Å². The van der Waals surface area contributed by atoms with Crippen LogP contribution in [0.4, 0.5) is 26.3 Å². The Labute approximate surface area is 820 Å². The van der Waals surface area contributed by atoms with Crippen LogP contribution < -0.4 is 130 Å². The molecule has 29 heteroatoms. The van der Waals surface area contributed by atoms with E-state index in [1.54, 1.807) is 42.6 Å². The van der Waals surface area contributed by atoms with E-state index in [9.17, 15) is 44.3 Å². The molecule has 5 saturated carbocycles. The fourth-order valence-corrected chi connectivity index (χ4v) is 19.1. The molecule has 117 heavy (non-hydrogen) atoms. The van der Waals surface area contributed by atoms with Crippen LogP contribution in [0.2, 0.25) is 0 Å². The van der Waals surface area contributed by atoms with Crippen molar-refractivity contribution in [1.29, 1.82) is 0 Å². The van der Waals surface area contributed by atoms with E-state index in [-0.39, 0.29) is 135 Å². The van der Waals surface area contributed by atoms with Crippen LogP contribution in [0.1, 0.15) is 179 Å². The number of carbonyl (C=O) groups is 3. The summed E-state index contributed by atoms with van der Waals surface area (Å²) in [6.07, 6.45) is 28.2. The number of thioether (sulfide) groups is 4. The summed E-state index contributed by atoms with van der Waals surface area (Å²) in [6, 6.07) is 48.8. The standard InChI is InChI=1S/C17H20F3NOS.C15H23NS.C15H21NS.C13H18O3S.C12H15BrS.C6H5BrS.C5H6F3NO.C2H6O.C2H6.CH2O3.2K.H/c18-17(19,20)16(22)21-10-4-8-13-7-3-9-15(11-13)23-12-14-5-1-2-6-14;2*16-10-4-8-13-7-3-9-15(11-13)17-12-14-5-1-2-6-14;1-11-6-8-13(9-7-11)17(14,15)16-10-12-4-2-3-5-12;13-11-6-3-7-12(8-11)14-9-10-4-1-2-5-10;7-5-2-1-3-6(8)4-5;1-2-3-9-4(10)5(6,7)8;1-2-3;1-2;2-1-4-3;;;/h3-4,7-9,11,14H,1-2,5-6,10,12H2,(H,21,22);3,7,9,11,14H,1-2,4-6,8,10,12,16H2;3-4,7-9,11,14H,1-2,5-6,10,12,16H2;6-9,12H,2-5,10H2,1H3;3,6-8,10H,1-2,4-5,9H2;1-4,8H;2H,1,3H2,(H,9,10);3H,2H2,1H3;1-2H3;1,3H;;;/q;;;;;;;;;;2*+1;-1/p-1/b8-4+;;8-4+;;;;;;;;;;. The quantitative estimate of drug-likeness (QED) is 0.00325. The number of nitrogens with two attached hydrogens (primary N) is 2. The monoisotopic (exact) mass is 1920 g/mol. The van der Waals surface area contributed by atoms with E-state index in [1.165, 1.54) is 180 Å². The summed E-state index contributed by atoms with van der Waals surface area (Å²) < 4.78 is 101. The van der Waals surface area contributed by atoms with Crippen LogP contribution in [0.3, 0.4) is 0 Å². The Hall–Kier alpha value is -1.74. The molecule has 5 aliphatic carbocycles. The molecule has 7 N–H and O–H groups in total. The van der Waals surface area contributed by atoms with E-state index < -0.39 is 34.3 Å². The summed E-state index contributed by atoms with van der Waals surface area (Å²) in [6.45, 7) is 12.2. The Kier molecular flexibility index (Phi) is 70.4. The fraction of sp³-hybridized carbons (Fsp3) is 0.489. The average Bonchev–Trinajstić information content (AvgIpc) is 0.951. The molecule has 13 nitrogen and oxygen atoms in total. The molecular formula is C88H122Br2F6K2N4O9S6. The van der Waals surface area contributed by atoms with Gasteiger partial charge in [0, 0.05) is 82.7 Å².